The third-order valence-corrected chi connectivity index (χ3v) is 2.90. The highest BCUT2D eigenvalue weighted by atomic mass is 16.6. The van der Waals surface area contributed by atoms with E-state index in [1.54, 1.807) is 27.7 Å². The minimum absolute atomic E-state index is 0.0792. The molecule has 1 aliphatic rings. The summed E-state index contributed by atoms with van der Waals surface area (Å²) in [5, 5.41) is 9.77. The van der Waals surface area contributed by atoms with Crippen LogP contribution in [0.15, 0.2) is 0 Å². The first-order valence-electron chi connectivity index (χ1n) is 5.93. The third kappa shape index (κ3) is 3.13. The van der Waals surface area contributed by atoms with Crippen molar-refractivity contribution in [3.05, 3.63) is 0 Å². The Bertz CT molecular complexity index is 336. The smallest absolute Gasteiger partial charge is 0.411 e. The van der Waals surface area contributed by atoms with E-state index in [4.69, 9.17) is 4.74 Å². The summed E-state index contributed by atoms with van der Waals surface area (Å²) in [6, 6.07) is -0.792. The van der Waals surface area contributed by atoms with E-state index < -0.39 is 29.8 Å². The molecule has 0 unspecified atom stereocenters. The molecule has 0 aromatic rings. The molecule has 1 amide bonds. The van der Waals surface area contributed by atoms with Gasteiger partial charge in [0.15, 0.2) is 0 Å². The first kappa shape index (κ1) is 14.8. The van der Waals surface area contributed by atoms with E-state index in [0.717, 1.165) is 0 Å². The van der Waals surface area contributed by atoms with Gasteiger partial charge in [-0.3, -0.25) is 4.90 Å². The number of carbonyl (C=O) groups excluding carboxylic acids is 2. The van der Waals surface area contributed by atoms with E-state index in [1.807, 2.05) is 0 Å². The predicted octanol–water partition coefficient (Wildman–Crippen LogP) is 0.776. The summed E-state index contributed by atoms with van der Waals surface area (Å²) in [4.78, 5) is 24.9. The van der Waals surface area contributed by atoms with E-state index in [-0.39, 0.29) is 12.5 Å². The van der Waals surface area contributed by atoms with Crippen molar-refractivity contribution < 1.29 is 24.2 Å². The maximum atomic E-state index is 12.0. The lowest BCUT2D eigenvalue weighted by atomic mass is 10.0. The molecule has 0 spiro atoms. The molecule has 104 valence electrons. The summed E-state index contributed by atoms with van der Waals surface area (Å²) >= 11 is 0. The Morgan fingerprint density at radius 3 is 2.33 bits per heavy atom. The van der Waals surface area contributed by atoms with Crippen LogP contribution in [0.3, 0.4) is 0 Å². The minimum atomic E-state index is -0.792. The van der Waals surface area contributed by atoms with Crippen LogP contribution in [0.1, 0.15) is 27.7 Å². The molecule has 0 aromatic heterocycles. The molecule has 0 aliphatic carbocycles. The van der Waals surface area contributed by atoms with Crippen molar-refractivity contribution in [2.24, 2.45) is 5.92 Å². The largest absolute Gasteiger partial charge is 0.467 e. The number of carbonyl (C=O) groups is 2. The number of aliphatic hydroxyl groups excluding tert-OH is 1. The van der Waals surface area contributed by atoms with Gasteiger partial charge in [-0.1, -0.05) is 6.92 Å². The van der Waals surface area contributed by atoms with Crippen LogP contribution in [0.25, 0.3) is 0 Å². The van der Waals surface area contributed by atoms with Crippen molar-refractivity contribution >= 4 is 12.1 Å². The number of methoxy groups -OCH3 is 1. The van der Waals surface area contributed by atoms with Crippen LogP contribution in [0, 0.1) is 5.92 Å². The van der Waals surface area contributed by atoms with Gasteiger partial charge >= 0.3 is 12.1 Å². The van der Waals surface area contributed by atoms with Crippen LogP contribution in [0.5, 0.6) is 0 Å². The van der Waals surface area contributed by atoms with Gasteiger partial charge in [-0.25, -0.2) is 9.59 Å². The molecule has 0 aromatic carbocycles. The molecule has 0 saturated carbocycles. The average molecular weight is 259 g/mol. The van der Waals surface area contributed by atoms with Crippen molar-refractivity contribution in [1.29, 1.82) is 0 Å². The van der Waals surface area contributed by atoms with Gasteiger partial charge in [0.2, 0.25) is 0 Å². The van der Waals surface area contributed by atoms with Gasteiger partial charge in [-0.05, 0) is 20.8 Å². The Balaban J connectivity index is 2.86. The van der Waals surface area contributed by atoms with E-state index in [9.17, 15) is 14.7 Å². The highest BCUT2D eigenvalue weighted by Gasteiger charge is 2.46. The summed E-state index contributed by atoms with van der Waals surface area (Å²) < 4.78 is 9.88. The number of hydrogen-bond donors (Lipinski definition) is 1. The first-order chi connectivity index (χ1) is 8.17. The number of likely N-dealkylation sites (tertiary alicyclic amines) is 1. The number of nitrogens with zero attached hydrogens (tertiary/aromatic N) is 1. The molecule has 18 heavy (non-hydrogen) atoms. The Labute approximate surface area is 107 Å². The fraction of sp³-hybridized carbons (Fsp3) is 0.833. The maximum Gasteiger partial charge on any atom is 0.411 e. The fourth-order valence-electron chi connectivity index (χ4n) is 1.95. The first-order valence-corrected chi connectivity index (χ1v) is 5.93. The van der Waals surface area contributed by atoms with Crippen LogP contribution in [0.2, 0.25) is 0 Å². The van der Waals surface area contributed by atoms with Crippen LogP contribution in [0.4, 0.5) is 4.79 Å². The van der Waals surface area contributed by atoms with Gasteiger partial charge in [0, 0.05) is 5.92 Å². The summed E-state index contributed by atoms with van der Waals surface area (Å²) in [7, 11) is 1.26. The molecule has 0 radical (unpaired) electrons. The summed E-state index contributed by atoms with van der Waals surface area (Å²) in [6.07, 6.45) is -1.36. The third-order valence-electron chi connectivity index (χ3n) is 2.90. The number of amides is 1. The van der Waals surface area contributed by atoms with E-state index in [0.29, 0.717) is 0 Å². The van der Waals surface area contributed by atoms with Gasteiger partial charge in [-0.15, -0.1) is 0 Å². The lowest BCUT2D eigenvalue weighted by molar-refractivity contribution is -0.147. The van der Waals surface area contributed by atoms with Gasteiger partial charge < -0.3 is 14.6 Å². The standard InChI is InChI=1S/C12H21NO5/c1-7-8(14)6-13(9(7)10(15)17-5)11(16)18-12(2,3)4/h7-9,14H,6H2,1-5H3/t7-,8+,9-/m0/s1. The van der Waals surface area contributed by atoms with Gasteiger partial charge in [0.1, 0.15) is 11.6 Å². The summed E-state index contributed by atoms with van der Waals surface area (Å²) in [5.41, 5.74) is -0.644. The molecule has 6 heteroatoms. The number of β-amino-alcohol motifs (C(OH)–C–C–N with tert-alkyl or cyclic N) is 1. The monoisotopic (exact) mass is 259 g/mol. The Morgan fingerprint density at radius 1 is 1.33 bits per heavy atom. The van der Waals surface area contributed by atoms with Gasteiger partial charge in [0.05, 0.1) is 19.8 Å². The normalized spacial score (nSPS) is 28.1. The second-order valence-corrected chi connectivity index (χ2v) is 5.53. The highest BCUT2D eigenvalue weighted by Crippen LogP contribution is 2.27. The van der Waals surface area contributed by atoms with Crippen molar-refractivity contribution in [1.82, 2.24) is 4.90 Å². The molecule has 1 saturated heterocycles. The molecular weight excluding hydrogens is 238 g/mol. The summed E-state index contributed by atoms with van der Waals surface area (Å²) in [6.45, 7) is 7.02. The molecule has 1 N–H and O–H groups in total. The number of ether oxygens (including phenoxy) is 2. The molecule has 1 rings (SSSR count). The van der Waals surface area contributed by atoms with Gasteiger partial charge in [-0.2, -0.15) is 0 Å². The lowest BCUT2D eigenvalue weighted by Crippen LogP contribution is -2.45. The predicted molar refractivity (Wildman–Crippen MR) is 63.9 cm³/mol. The molecule has 0 bridgehead atoms. The zero-order chi connectivity index (χ0) is 14.1. The SMILES string of the molecule is COC(=O)[C@@H]1[C@@H](C)[C@H](O)CN1C(=O)OC(C)(C)C. The highest BCUT2D eigenvalue weighted by molar-refractivity contribution is 5.82. The van der Waals surface area contributed by atoms with Crippen LogP contribution >= 0.6 is 0 Å². The molecule has 3 atom stereocenters. The maximum absolute atomic E-state index is 12.0. The number of aliphatic hydroxyl groups is 1. The Hall–Kier alpha value is -1.30. The zero-order valence-corrected chi connectivity index (χ0v) is 11.5. The van der Waals surface area contributed by atoms with E-state index in [2.05, 4.69) is 4.74 Å². The second kappa shape index (κ2) is 5.14. The molecular formula is C12H21NO5. The van der Waals surface area contributed by atoms with E-state index in [1.165, 1.54) is 12.0 Å². The van der Waals surface area contributed by atoms with Crippen LogP contribution < -0.4 is 0 Å². The quantitative estimate of drug-likeness (QED) is 0.704. The van der Waals surface area contributed by atoms with E-state index >= 15 is 0 Å². The molecule has 1 heterocycles. The zero-order valence-electron chi connectivity index (χ0n) is 11.5. The average Bonchev–Trinajstić information content (AvgIpc) is 2.52. The lowest BCUT2D eigenvalue weighted by Gasteiger charge is -2.28. The van der Waals surface area contributed by atoms with Crippen molar-refractivity contribution in [2.75, 3.05) is 13.7 Å². The van der Waals surface area contributed by atoms with Crippen molar-refractivity contribution in [2.45, 2.75) is 45.4 Å². The van der Waals surface area contributed by atoms with Crippen molar-refractivity contribution in [3.8, 4) is 0 Å². The number of rotatable bonds is 1. The molecule has 1 fully saturated rings. The van der Waals surface area contributed by atoms with Crippen molar-refractivity contribution in [3.63, 3.8) is 0 Å². The molecule has 6 nitrogen and oxygen atoms in total. The topological polar surface area (TPSA) is 76.1 Å². The number of hydrogen-bond acceptors (Lipinski definition) is 5. The fourth-order valence-corrected chi connectivity index (χ4v) is 1.95. The minimum Gasteiger partial charge on any atom is -0.467 e. The molecule has 1 aliphatic heterocycles. The summed E-state index contributed by atoms with van der Waals surface area (Å²) in [5.74, 6) is -0.908. The van der Waals surface area contributed by atoms with Gasteiger partial charge in [0.25, 0.3) is 0 Å². The Morgan fingerprint density at radius 2 is 1.89 bits per heavy atom. The Kier molecular flexibility index (Phi) is 4.21. The number of esters is 1. The van der Waals surface area contributed by atoms with Crippen LogP contribution in [-0.2, 0) is 14.3 Å². The second-order valence-electron chi connectivity index (χ2n) is 5.53. The van der Waals surface area contributed by atoms with Crippen LogP contribution in [-0.4, -0.2) is 53.5 Å².